The van der Waals surface area contributed by atoms with Crippen LogP contribution in [0.3, 0.4) is 0 Å². The van der Waals surface area contributed by atoms with Gasteiger partial charge in [0.2, 0.25) is 0 Å². The predicted octanol–water partition coefficient (Wildman–Crippen LogP) is 3.56. The number of aliphatic hydroxyl groups is 1. The van der Waals surface area contributed by atoms with Crippen molar-refractivity contribution in [2.45, 2.75) is 6.10 Å². The zero-order valence-corrected chi connectivity index (χ0v) is 9.16. The first kappa shape index (κ1) is 11.1. The van der Waals surface area contributed by atoms with E-state index in [1.54, 1.807) is 0 Å². The van der Waals surface area contributed by atoms with Crippen molar-refractivity contribution in [1.29, 1.82) is 0 Å². The molecule has 0 aliphatic rings. The van der Waals surface area contributed by atoms with Gasteiger partial charge in [0.25, 0.3) is 0 Å². The molecule has 2 aromatic rings. The van der Waals surface area contributed by atoms with Gasteiger partial charge in [0.1, 0.15) is 11.9 Å². The molecule has 0 amide bonds. The molecule has 0 saturated heterocycles. The molecule has 0 saturated carbocycles. The molecule has 0 spiro atoms. The van der Waals surface area contributed by atoms with Crippen LogP contribution in [-0.2, 0) is 0 Å². The van der Waals surface area contributed by atoms with Crippen LogP contribution in [0.1, 0.15) is 17.2 Å². The van der Waals surface area contributed by atoms with Crippen molar-refractivity contribution in [3.05, 3.63) is 70.5 Å². The van der Waals surface area contributed by atoms with Gasteiger partial charge in [-0.15, -0.1) is 0 Å². The fraction of sp³-hybridized carbons (Fsp3) is 0.0769. The van der Waals surface area contributed by atoms with E-state index in [4.69, 9.17) is 11.6 Å². The Kier molecular flexibility index (Phi) is 3.22. The molecule has 0 aliphatic heterocycles. The summed E-state index contributed by atoms with van der Waals surface area (Å²) in [5, 5.41) is 10.0. The molecule has 0 aliphatic carbocycles. The van der Waals surface area contributed by atoms with Crippen molar-refractivity contribution in [3.63, 3.8) is 0 Å². The zero-order chi connectivity index (χ0) is 11.5. The summed E-state index contributed by atoms with van der Waals surface area (Å²) >= 11 is 5.66. The van der Waals surface area contributed by atoms with Gasteiger partial charge >= 0.3 is 0 Å². The molecule has 2 rings (SSSR count). The van der Waals surface area contributed by atoms with Crippen LogP contribution >= 0.6 is 11.6 Å². The average Bonchev–Trinajstić information content (AvgIpc) is 2.33. The first-order valence-corrected chi connectivity index (χ1v) is 5.24. The molecule has 0 heterocycles. The summed E-state index contributed by atoms with van der Waals surface area (Å²) in [7, 11) is 0. The molecule has 2 aromatic carbocycles. The Morgan fingerprint density at radius 1 is 1.00 bits per heavy atom. The SMILES string of the molecule is OC(c1ccccc1)c1ccc(F)c(Cl)c1. The van der Waals surface area contributed by atoms with E-state index in [2.05, 4.69) is 0 Å². The maximum Gasteiger partial charge on any atom is 0.141 e. The third-order valence-electron chi connectivity index (χ3n) is 2.37. The second-order valence-corrected chi connectivity index (χ2v) is 3.89. The summed E-state index contributed by atoms with van der Waals surface area (Å²) in [4.78, 5) is 0. The fourth-order valence-electron chi connectivity index (χ4n) is 1.51. The van der Waals surface area contributed by atoms with E-state index in [-0.39, 0.29) is 5.02 Å². The van der Waals surface area contributed by atoms with Crippen LogP contribution in [0.15, 0.2) is 48.5 Å². The molecule has 1 nitrogen and oxygen atoms in total. The zero-order valence-electron chi connectivity index (χ0n) is 8.40. The summed E-state index contributed by atoms with van der Waals surface area (Å²) in [6.07, 6.45) is -0.778. The highest BCUT2D eigenvalue weighted by atomic mass is 35.5. The summed E-state index contributed by atoms with van der Waals surface area (Å²) < 4.78 is 13.0. The highest BCUT2D eigenvalue weighted by Gasteiger charge is 2.11. The largest absolute Gasteiger partial charge is 0.384 e. The third kappa shape index (κ3) is 2.23. The van der Waals surface area contributed by atoms with Gasteiger partial charge < -0.3 is 5.11 Å². The molecule has 0 aromatic heterocycles. The number of aliphatic hydroxyl groups excluding tert-OH is 1. The molecular formula is C13H10ClFO. The summed E-state index contributed by atoms with van der Waals surface area (Å²) in [5.74, 6) is -0.481. The molecule has 1 atom stereocenters. The van der Waals surface area contributed by atoms with Crippen LogP contribution < -0.4 is 0 Å². The van der Waals surface area contributed by atoms with Gasteiger partial charge in [0, 0.05) is 0 Å². The minimum Gasteiger partial charge on any atom is -0.384 e. The van der Waals surface area contributed by atoms with E-state index in [1.807, 2.05) is 30.3 Å². The maximum atomic E-state index is 13.0. The number of halogens is 2. The van der Waals surface area contributed by atoms with Crippen molar-refractivity contribution in [1.82, 2.24) is 0 Å². The molecule has 16 heavy (non-hydrogen) atoms. The van der Waals surface area contributed by atoms with Gasteiger partial charge in [-0.05, 0) is 23.3 Å². The van der Waals surface area contributed by atoms with Gasteiger partial charge in [-0.1, -0.05) is 48.0 Å². The van der Waals surface area contributed by atoms with Gasteiger partial charge in [0.15, 0.2) is 0 Å². The normalized spacial score (nSPS) is 12.4. The number of benzene rings is 2. The Morgan fingerprint density at radius 3 is 2.31 bits per heavy atom. The minimum atomic E-state index is -0.778. The van der Waals surface area contributed by atoms with Crippen molar-refractivity contribution in [2.24, 2.45) is 0 Å². The summed E-state index contributed by atoms with van der Waals surface area (Å²) in [5.41, 5.74) is 1.34. The van der Waals surface area contributed by atoms with Gasteiger partial charge in [-0.3, -0.25) is 0 Å². The van der Waals surface area contributed by atoms with Crippen molar-refractivity contribution < 1.29 is 9.50 Å². The minimum absolute atomic E-state index is 0.0208. The molecule has 0 radical (unpaired) electrons. The van der Waals surface area contributed by atoms with Crippen molar-refractivity contribution in [3.8, 4) is 0 Å². The second kappa shape index (κ2) is 4.64. The summed E-state index contributed by atoms with van der Waals surface area (Å²) in [6, 6.07) is 13.4. The molecule has 0 bridgehead atoms. The smallest absolute Gasteiger partial charge is 0.141 e. The van der Waals surface area contributed by atoms with E-state index in [1.165, 1.54) is 18.2 Å². The van der Waals surface area contributed by atoms with Crippen LogP contribution in [0.5, 0.6) is 0 Å². The van der Waals surface area contributed by atoms with Crippen LogP contribution in [-0.4, -0.2) is 5.11 Å². The molecule has 1 N–H and O–H groups in total. The average molecular weight is 237 g/mol. The van der Waals surface area contributed by atoms with Crippen LogP contribution in [0, 0.1) is 5.82 Å². The molecule has 82 valence electrons. The molecule has 0 fully saturated rings. The van der Waals surface area contributed by atoms with E-state index in [0.717, 1.165) is 5.56 Å². The molecule has 3 heteroatoms. The fourth-order valence-corrected chi connectivity index (χ4v) is 1.70. The lowest BCUT2D eigenvalue weighted by atomic mass is 10.0. The first-order valence-electron chi connectivity index (χ1n) is 4.86. The maximum absolute atomic E-state index is 13.0. The van der Waals surface area contributed by atoms with Crippen LogP contribution in [0.4, 0.5) is 4.39 Å². The Balaban J connectivity index is 2.34. The Labute approximate surface area is 98.1 Å². The third-order valence-corrected chi connectivity index (χ3v) is 2.66. The predicted molar refractivity (Wildman–Crippen MR) is 61.9 cm³/mol. The van der Waals surface area contributed by atoms with Crippen molar-refractivity contribution >= 4 is 11.6 Å². The second-order valence-electron chi connectivity index (χ2n) is 3.49. The Hall–Kier alpha value is -1.38. The summed E-state index contributed by atoms with van der Waals surface area (Å²) in [6.45, 7) is 0. The molecule has 1 unspecified atom stereocenters. The molecular weight excluding hydrogens is 227 g/mol. The lowest BCUT2D eigenvalue weighted by Gasteiger charge is -2.11. The number of hydrogen-bond acceptors (Lipinski definition) is 1. The first-order chi connectivity index (χ1) is 7.68. The monoisotopic (exact) mass is 236 g/mol. The quantitative estimate of drug-likeness (QED) is 0.845. The Bertz CT molecular complexity index is 485. The van der Waals surface area contributed by atoms with Crippen molar-refractivity contribution in [2.75, 3.05) is 0 Å². The number of rotatable bonds is 2. The number of hydrogen-bond donors (Lipinski definition) is 1. The highest BCUT2D eigenvalue weighted by Crippen LogP contribution is 2.25. The van der Waals surface area contributed by atoms with Gasteiger partial charge in [0.05, 0.1) is 5.02 Å². The highest BCUT2D eigenvalue weighted by molar-refractivity contribution is 6.30. The van der Waals surface area contributed by atoms with Crippen LogP contribution in [0.2, 0.25) is 5.02 Å². The topological polar surface area (TPSA) is 20.2 Å². The van der Waals surface area contributed by atoms with E-state index >= 15 is 0 Å². The Morgan fingerprint density at radius 2 is 1.69 bits per heavy atom. The lowest BCUT2D eigenvalue weighted by Crippen LogP contribution is -1.99. The van der Waals surface area contributed by atoms with Crippen LogP contribution in [0.25, 0.3) is 0 Å². The van der Waals surface area contributed by atoms with E-state index in [0.29, 0.717) is 5.56 Å². The lowest BCUT2D eigenvalue weighted by molar-refractivity contribution is 0.220. The standard InChI is InChI=1S/C13H10ClFO/c14-11-8-10(6-7-12(11)15)13(16)9-4-2-1-3-5-9/h1-8,13,16H. The van der Waals surface area contributed by atoms with Gasteiger partial charge in [-0.2, -0.15) is 0 Å². The van der Waals surface area contributed by atoms with E-state index < -0.39 is 11.9 Å². The van der Waals surface area contributed by atoms with E-state index in [9.17, 15) is 9.50 Å². The van der Waals surface area contributed by atoms with Gasteiger partial charge in [-0.25, -0.2) is 4.39 Å².